The van der Waals surface area contributed by atoms with Gasteiger partial charge in [0.25, 0.3) is 0 Å². The molecule has 0 amide bonds. The Labute approximate surface area is 88.0 Å². The lowest BCUT2D eigenvalue weighted by molar-refractivity contribution is 0.527. The number of hydrogen-bond acceptors (Lipinski definition) is 1. The second kappa shape index (κ2) is 5.73. The normalized spacial score (nSPS) is 11.6. The van der Waals surface area contributed by atoms with Crippen LogP contribution in [0.3, 0.4) is 0 Å². The molecule has 1 atom stereocenters. The van der Waals surface area contributed by atoms with E-state index in [1.165, 1.54) is 24.3 Å². The molecule has 78 valence electrons. The van der Waals surface area contributed by atoms with Crippen LogP contribution in [-0.2, 0) is 0 Å². The molecule has 0 saturated carbocycles. The predicted octanol–water partition coefficient (Wildman–Crippen LogP) is 2.96. The third-order valence-electron chi connectivity index (χ3n) is 1.79. The van der Waals surface area contributed by atoms with Crippen LogP contribution in [0.5, 0.6) is 0 Å². The van der Waals surface area contributed by atoms with E-state index in [4.69, 9.17) is 5.73 Å². The predicted molar refractivity (Wildman–Crippen MR) is 55.3 cm³/mol. The Morgan fingerprint density at radius 2 is 1.86 bits per heavy atom. The maximum absolute atomic E-state index is 13.1. The van der Waals surface area contributed by atoms with E-state index in [0.29, 0.717) is 6.42 Å². The highest BCUT2D eigenvalue weighted by molar-refractivity contribution is 5.85. The number of benzene rings is 1. The van der Waals surface area contributed by atoms with Gasteiger partial charge >= 0.3 is 0 Å². The molecular formula is C10H12ClF2N. The first-order valence-corrected chi connectivity index (χ1v) is 3.97. The zero-order chi connectivity index (χ0) is 9.84. The van der Waals surface area contributed by atoms with E-state index in [0.717, 1.165) is 0 Å². The van der Waals surface area contributed by atoms with Crippen LogP contribution in [-0.4, -0.2) is 0 Å². The zero-order valence-corrected chi connectivity index (χ0v) is 8.36. The monoisotopic (exact) mass is 219 g/mol. The number of nitrogens with two attached hydrogens (primary N) is 1. The van der Waals surface area contributed by atoms with Crippen molar-refractivity contribution in [3.63, 3.8) is 0 Å². The molecule has 0 spiro atoms. The van der Waals surface area contributed by atoms with E-state index in [-0.39, 0.29) is 18.0 Å². The Morgan fingerprint density at radius 1 is 1.36 bits per heavy atom. The summed E-state index contributed by atoms with van der Waals surface area (Å²) in [5.74, 6) is -1.20. The van der Waals surface area contributed by atoms with Crippen molar-refractivity contribution in [2.75, 3.05) is 0 Å². The largest absolute Gasteiger partial charge is 0.324 e. The van der Waals surface area contributed by atoms with E-state index >= 15 is 0 Å². The molecule has 0 heterocycles. The van der Waals surface area contributed by atoms with Crippen LogP contribution in [0.1, 0.15) is 18.0 Å². The third-order valence-corrected chi connectivity index (χ3v) is 1.79. The number of halogens is 3. The molecule has 0 aliphatic heterocycles. The van der Waals surface area contributed by atoms with E-state index in [1.807, 2.05) is 0 Å². The lowest BCUT2D eigenvalue weighted by atomic mass is 10.0. The third kappa shape index (κ3) is 2.79. The molecule has 1 rings (SSSR count). The summed E-state index contributed by atoms with van der Waals surface area (Å²) in [4.78, 5) is 0. The van der Waals surface area contributed by atoms with Crippen LogP contribution in [0.25, 0.3) is 0 Å². The molecule has 4 heteroatoms. The minimum absolute atomic E-state index is 0. The van der Waals surface area contributed by atoms with Gasteiger partial charge in [0.1, 0.15) is 11.6 Å². The molecule has 1 aromatic rings. The minimum Gasteiger partial charge on any atom is -0.324 e. The lowest BCUT2D eigenvalue weighted by Gasteiger charge is -2.11. The van der Waals surface area contributed by atoms with Crippen molar-refractivity contribution in [1.29, 1.82) is 0 Å². The Balaban J connectivity index is 0.00000169. The van der Waals surface area contributed by atoms with Crippen LogP contribution < -0.4 is 5.73 Å². The molecule has 0 bridgehead atoms. The molecule has 14 heavy (non-hydrogen) atoms. The van der Waals surface area contributed by atoms with Gasteiger partial charge in [0.15, 0.2) is 0 Å². The Bertz CT molecular complexity index is 295. The van der Waals surface area contributed by atoms with Crippen LogP contribution in [0, 0.1) is 11.6 Å². The number of rotatable bonds is 3. The lowest BCUT2D eigenvalue weighted by Crippen LogP contribution is -2.13. The Kier molecular flexibility index (Phi) is 5.35. The highest BCUT2D eigenvalue weighted by Crippen LogP contribution is 2.21. The standard InChI is InChI=1S/C10H11F2N.ClH/c1-2-4-9(13)10-7(11)5-3-6-8(10)12;/h2-3,5-6,9H,1,4,13H2;1H/t9-;/m0./s1. The summed E-state index contributed by atoms with van der Waals surface area (Å²) in [7, 11) is 0. The maximum atomic E-state index is 13.1. The van der Waals surface area contributed by atoms with Gasteiger partial charge in [-0.05, 0) is 18.6 Å². The molecule has 0 aliphatic carbocycles. The topological polar surface area (TPSA) is 26.0 Å². The van der Waals surface area contributed by atoms with Crippen LogP contribution in [0.15, 0.2) is 30.9 Å². The highest BCUT2D eigenvalue weighted by atomic mass is 35.5. The van der Waals surface area contributed by atoms with Crippen molar-refractivity contribution in [2.45, 2.75) is 12.5 Å². The minimum atomic E-state index is -0.654. The summed E-state index contributed by atoms with van der Waals surface area (Å²) < 4.78 is 26.1. The van der Waals surface area contributed by atoms with E-state index in [9.17, 15) is 8.78 Å². The Hall–Kier alpha value is -0.930. The molecular weight excluding hydrogens is 208 g/mol. The SMILES string of the molecule is C=CC[C@H](N)c1c(F)cccc1F.Cl. The molecule has 1 nitrogen and oxygen atoms in total. The van der Waals surface area contributed by atoms with Gasteiger partial charge in [-0.1, -0.05) is 12.1 Å². The fourth-order valence-corrected chi connectivity index (χ4v) is 1.16. The van der Waals surface area contributed by atoms with Gasteiger partial charge in [0.2, 0.25) is 0 Å². The van der Waals surface area contributed by atoms with Crippen LogP contribution in [0.2, 0.25) is 0 Å². The molecule has 0 aliphatic rings. The smallest absolute Gasteiger partial charge is 0.130 e. The van der Waals surface area contributed by atoms with E-state index in [1.54, 1.807) is 0 Å². The second-order valence-corrected chi connectivity index (χ2v) is 2.77. The van der Waals surface area contributed by atoms with Gasteiger partial charge in [-0.2, -0.15) is 0 Å². The maximum Gasteiger partial charge on any atom is 0.130 e. The zero-order valence-electron chi connectivity index (χ0n) is 7.54. The summed E-state index contributed by atoms with van der Waals surface area (Å²) in [6.07, 6.45) is 1.90. The summed E-state index contributed by atoms with van der Waals surface area (Å²) in [6, 6.07) is 3.05. The number of hydrogen-bond donors (Lipinski definition) is 1. The van der Waals surface area contributed by atoms with Crippen molar-refractivity contribution < 1.29 is 8.78 Å². The van der Waals surface area contributed by atoms with Gasteiger partial charge in [0.05, 0.1) is 0 Å². The molecule has 0 fully saturated rings. The molecule has 0 aromatic heterocycles. The van der Waals surface area contributed by atoms with E-state index in [2.05, 4.69) is 6.58 Å². The van der Waals surface area contributed by atoms with Gasteiger partial charge in [0, 0.05) is 11.6 Å². The molecule has 0 saturated heterocycles. The summed E-state index contributed by atoms with van der Waals surface area (Å²) >= 11 is 0. The van der Waals surface area contributed by atoms with Crippen molar-refractivity contribution >= 4 is 12.4 Å². The van der Waals surface area contributed by atoms with Gasteiger partial charge < -0.3 is 5.73 Å². The van der Waals surface area contributed by atoms with Gasteiger partial charge in [-0.3, -0.25) is 0 Å². The Morgan fingerprint density at radius 3 is 2.29 bits per heavy atom. The second-order valence-electron chi connectivity index (χ2n) is 2.77. The van der Waals surface area contributed by atoms with Crippen molar-refractivity contribution in [1.82, 2.24) is 0 Å². The van der Waals surface area contributed by atoms with Gasteiger partial charge in [-0.15, -0.1) is 19.0 Å². The van der Waals surface area contributed by atoms with Crippen molar-refractivity contribution in [2.24, 2.45) is 5.73 Å². The average molecular weight is 220 g/mol. The summed E-state index contributed by atoms with van der Waals surface area (Å²) in [6.45, 7) is 3.46. The summed E-state index contributed by atoms with van der Waals surface area (Å²) in [5.41, 5.74) is 5.49. The first-order chi connectivity index (χ1) is 6.16. The molecule has 0 unspecified atom stereocenters. The van der Waals surface area contributed by atoms with Gasteiger partial charge in [-0.25, -0.2) is 8.78 Å². The molecule has 0 radical (unpaired) electrons. The first-order valence-electron chi connectivity index (χ1n) is 3.97. The van der Waals surface area contributed by atoms with Crippen molar-refractivity contribution in [3.8, 4) is 0 Å². The average Bonchev–Trinajstić information content (AvgIpc) is 2.04. The van der Waals surface area contributed by atoms with E-state index < -0.39 is 17.7 Å². The summed E-state index contributed by atoms with van der Waals surface area (Å²) in [5, 5.41) is 0. The first kappa shape index (κ1) is 13.1. The highest BCUT2D eigenvalue weighted by Gasteiger charge is 2.14. The molecule has 1 aromatic carbocycles. The van der Waals surface area contributed by atoms with Crippen molar-refractivity contribution in [3.05, 3.63) is 48.1 Å². The fourth-order valence-electron chi connectivity index (χ4n) is 1.16. The van der Waals surface area contributed by atoms with Crippen LogP contribution >= 0.6 is 12.4 Å². The van der Waals surface area contributed by atoms with Crippen LogP contribution in [0.4, 0.5) is 8.78 Å². The fraction of sp³-hybridized carbons (Fsp3) is 0.200. The molecule has 2 N–H and O–H groups in total. The quantitative estimate of drug-likeness (QED) is 0.778.